The van der Waals surface area contributed by atoms with Gasteiger partial charge < -0.3 is 15.0 Å². The van der Waals surface area contributed by atoms with Gasteiger partial charge in [-0.25, -0.2) is 4.79 Å². The number of rotatable bonds is 5. The number of nitrogens with zero attached hydrogens (tertiary/aromatic N) is 2. The van der Waals surface area contributed by atoms with Crippen molar-refractivity contribution in [2.45, 2.75) is 19.6 Å². The van der Waals surface area contributed by atoms with Crippen molar-refractivity contribution in [2.24, 2.45) is 4.99 Å². The van der Waals surface area contributed by atoms with Gasteiger partial charge in [-0.05, 0) is 6.92 Å². The van der Waals surface area contributed by atoms with E-state index in [-0.39, 0.29) is 5.91 Å². The monoisotopic (exact) mass is 239 g/mol. The lowest BCUT2D eigenvalue weighted by Gasteiger charge is -2.32. The molecular weight excluding hydrogens is 222 g/mol. The van der Waals surface area contributed by atoms with Crippen molar-refractivity contribution in [3.63, 3.8) is 0 Å². The molecule has 0 aromatic carbocycles. The second-order valence-corrected chi connectivity index (χ2v) is 4.03. The summed E-state index contributed by atoms with van der Waals surface area (Å²) in [5.41, 5.74) is -1.08. The first kappa shape index (κ1) is 13.2. The van der Waals surface area contributed by atoms with Gasteiger partial charge in [0.15, 0.2) is 0 Å². The quantitative estimate of drug-likeness (QED) is 0.413. The Labute approximate surface area is 100 Å². The highest BCUT2D eigenvalue weighted by atomic mass is 16.6. The number of amides is 1. The Bertz CT molecular complexity index is 354. The van der Waals surface area contributed by atoms with Crippen LogP contribution in [0.5, 0.6) is 0 Å². The van der Waals surface area contributed by atoms with Gasteiger partial charge in [0.1, 0.15) is 0 Å². The molecule has 0 fully saturated rings. The fourth-order valence-electron chi connectivity index (χ4n) is 1.66. The number of carbonyl (C=O) groups is 2. The van der Waals surface area contributed by atoms with Crippen molar-refractivity contribution in [2.75, 3.05) is 19.6 Å². The van der Waals surface area contributed by atoms with Crippen LogP contribution in [0.4, 0.5) is 0 Å². The van der Waals surface area contributed by atoms with Gasteiger partial charge in [0.05, 0.1) is 19.4 Å². The molecule has 0 aliphatic carbocycles. The molecule has 0 saturated carbocycles. The summed E-state index contributed by atoms with van der Waals surface area (Å²) in [4.78, 5) is 28.3. The van der Waals surface area contributed by atoms with Crippen molar-refractivity contribution in [1.82, 2.24) is 10.2 Å². The van der Waals surface area contributed by atoms with Gasteiger partial charge in [-0.15, -0.1) is 0 Å². The van der Waals surface area contributed by atoms with Gasteiger partial charge in [-0.1, -0.05) is 6.58 Å². The first-order valence-corrected chi connectivity index (χ1v) is 5.33. The zero-order valence-corrected chi connectivity index (χ0v) is 10.1. The summed E-state index contributed by atoms with van der Waals surface area (Å²) in [6, 6.07) is 0. The highest BCUT2D eigenvalue weighted by Gasteiger charge is 2.31. The van der Waals surface area contributed by atoms with E-state index in [2.05, 4.69) is 16.9 Å². The molecule has 0 bridgehead atoms. The van der Waals surface area contributed by atoms with E-state index in [0.717, 1.165) is 12.6 Å². The van der Waals surface area contributed by atoms with Crippen LogP contribution >= 0.6 is 0 Å². The predicted molar refractivity (Wildman–Crippen MR) is 63.4 cm³/mol. The largest absolute Gasteiger partial charge is 0.434 e. The van der Waals surface area contributed by atoms with Crippen LogP contribution in [0.25, 0.3) is 0 Å². The second kappa shape index (κ2) is 5.47. The first-order valence-electron chi connectivity index (χ1n) is 5.33. The number of aliphatic imine (C=N–C) groups is 1. The van der Waals surface area contributed by atoms with Crippen molar-refractivity contribution in [3.05, 3.63) is 12.7 Å². The highest BCUT2D eigenvalue weighted by molar-refractivity contribution is 5.82. The molecule has 0 radical (unpaired) electrons. The summed E-state index contributed by atoms with van der Waals surface area (Å²) in [7, 11) is 0. The Balaban J connectivity index is 2.69. The van der Waals surface area contributed by atoms with E-state index in [0.29, 0.717) is 13.1 Å². The minimum atomic E-state index is -1.08. The van der Waals surface area contributed by atoms with Gasteiger partial charge in [0.25, 0.3) is 0 Å². The topological polar surface area (TPSA) is 71.0 Å². The van der Waals surface area contributed by atoms with E-state index in [4.69, 9.17) is 4.74 Å². The first-order chi connectivity index (χ1) is 7.95. The fraction of sp³-hybridized carbons (Fsp3) is 0.545. The molecule has 1 N–H and O–H groups in total. The van der Waals surface area contributed by atoms with E-state index in [1.165, 1.54) is 6.92 Å². The minimum Gasteiger partial charge on any atom is -0.434 e. The molecule has 6 nitrogen and oxygen atoms in total. The van der Waals surface area contributed by atoms with Crippen LogP contribution in [-0.2, 0) is 14.3 Å². The Morgan fingerprint density at radius 2 is 2.41 bits per heavy atom. The number of carbonyl (C=O) groups excluding carboxylic acids is 2. The van der Waals surface area contributed by atoms with Gasteiger partial charge in [0.2, 0.25) is 11.6 Å². The van der Waals surface area contributed by atoms with Crippen molar-refractivity contribution in [3.8, 4) is 0 Å². The number of hydrogen-bond acceptors (Lipinski definition) is 5. The summed E-state index contributed by atoms with van der Waals surface area (Å²) in [5, 5.41) is 2.62. The smallest absolute Gasteiger partial charge is 0.332 e. The van der Waals surface area contributed by atoms with Crippen LogP contribution in [0, 0.1) is 0 Å². The molecule has 1 unspecified atom stereocenters. The molecule has 1 amide bonds. The van der Waals surface area contributed by atoms with E-state index in [1.54, 1.807) is 13.3 Å². The maximum atomic E-state index is 11.2. The zero-order valence-electron chi connectivity index (χ0n) is 10.1. The zero-order chi connectivity index (χ0) is 12.9. The standard InChI is InChI=1S/C11H17N3O3/c1-4-10(16)17-11(3,13-9(2)15)7-14-6-5-12-8-14/h4,8H,1,5-7H2,2-3H3,(H,13,15). The predicted octanol–water partition coefficient (Wildman–Crippen LogP) is -0.0882. The number of ether oxygens (including phenoxy) is 1. The molecule has 6 heteroatoms. The maximum absolute atomic E-state index is 11.2. The fourth-order valence-corrected chi connectivity index (χ4v) is 1.66. The molecule has 0 aromatic rings. The van der Waals surface area contributed by atoms with Crippen molar-refractivity contribution < 1.29 is 14.3 Å². The van der Waals surface area contributed by atoms with E-state index < -0.39 is 11.7 Å². The maximum Gasteiger partial charge on any atom is 0.332 e. The SMILES string of the molecule is C=CC(=O)OC(C)(CN1C=NCC1)NC(C)=O. The Hall–Kier alpha value is -1.85. The Kier molecular flexibility index (Phi) is 4.25. The van der Waals surface area contributed by atoms with Crippen LogP contribution < -0.4 is 5.32 Å². The number of hydrogen-bond donors (Lipinski definition) is 1. The molecule has 1 rings (SSSR count). The third-order valence-electron chi connectivity index (χ3n) is 2.20. The van der Waals surface area contributed by atoms with E-state index in [1.807, 2.05) is 4.90 Å². The normalized spacial score (nSPS) is 17.4. The molecule has 0 spiro atoms. The molecule has 1 heterocycles. The van der Waals surface area contributed by atoms with Gasteiger partial charge >= 0.3 is 5.97 Å². The summed E-state index contributed by atoms with van der Waals surface area (Å²) >= 11 is 0. The summed E-state index contributed by atoms with van der Waals surface area (Å²) in [6.07, 6.45) is 2.75. The number of esters is 1. The Morgan fingerprint density at radius 1 is 1.71 bits per heavy atom. The van der Waals surface area contributed by atoms with Gasteiger partial charge in [-0.3, -0.25) is 9.79 Å². The van der Waals surface area contributed by atoms with Crippen LogP contribution in [0.1, 0.15) is 13.8 Å². The number of nitrogens with one attached hydrogen (secondary N) is 1. The lowest BCUT2D eigenvalue weighted by Crippen LogP contribution is -2.55. The molecule has 1 aliphatic heterocycles. The van der Waals surface area contributed by atoms with Crippen LogP contribution in [-0.4, -0.2) is 48.5 Å². The lowest BCUT2D eigenvalue weighted by atomic mass is 10.2. The molecule has 17 heavy (non-hydrogen) atoms. The average Bonchev–Trinajstić information content (AvgIpc) is 2.68. The summed E-state index contributed by atoms with van der Waals surface area (Å²) in [5.74, 6) is -0.835. The average molecular weight is 239 g/mol. The molecule has 1 atom stereocenters. The summed E-state index contributed by atoms with van der Waals surface area (Å²) in [6.45, 7) is 8.16. The van der Waals surface area contributed by atoms with Crippen LogP contribution in [0.15, 0.2) is 17.6 Å². The second-order valence-electron chi connectivity index (χ2n) is 4.03. The molecule has 1 aliphatic rings. The third kappa shape index (κ3) is 4.26. The van der Waals surface area contributed by atoms with Gasteiger partial charge in [0, 0.05) is 19.5 Å². The lowest BCUT2D eigenvalue weighted by molar-refractivity contribution is -0.158. The highest BCUT2D eigenvalue weighted by Crippen LogP contribution is 2.11. The Morgan fingerprint density at radius 3 is 2.88 bits per heavy atom. The molecule has 0 saturated heterocycles. The summed E-state index contributed by atoms with van der Waals surface area (Å²) < 4.78 is 5.17. The van der Waals surface area contributed by atoms with Crippen molar-refractivity contribution >= 4 is 18.2 Å². The minimum absolute atomic E-state index is 0.263. The molecule has 0 aromatic heterocycles. The van der Waals surface area contributed by atoms with Crippen LogP contribution in [0.2, 0.25) is 0 Å². The molecular formula is C11H17N3O3. The van der Waals surface area contributed by atoms with E-state index >= 15 is 0 Å². The van der Waals surface area contributed by atoms with Crippen LogP contribution in [0.3, 0.4) is 0 Å². The third-order valence-corrected chi connectivity index (χ3v) is 2.20. The molecule has 94 valence electrons. The van der Waals surface area contributed by atoms with E-state index in [9.17, 15) is 9.59 Å². The van der Waals surface area contributed by atoms with Gasteiger partial charge in [-0.2, -0.15) is 0 Å². The van der Waals surface area contributed by atoms with Crippen molar-refractivity contribution in [1.29, 1.82) is 0 Å².